The third kappa shape index (κ3) is 1.15. The molecule has 0 bridgehead atoms. The number of nitro groups is 1. The van der Waals surface area contributed by atoms with Gasteiger partial charge >= 0.3 is 0 Å². The Bertz CT molecular complexity index is 717. The molecule has 0 saturated heterocycles. The van der Waals surface area contributed by atoms with Crippen molar-refractivity contribution in [2.24, 2.45) is 0 Å². The van der Waals surface area contributed by atoms with Gasteiger partial charge in [-0.05, 0) is 6.07 Å². The molecular formula is C11H5N3O4. The molecule has 0 N–H and O–H groups in total. The monoisotopic (exact) mass is 243 g/mol. The summed E-state index contributed by atoms with van der Waals surface area (Å²) >= 11 is 0. The number of aromatic nitrogens is 2. The van der Waals surface area contributed by atoms with Crippen molar-refractivity contribution in [3.63, 3.8) is 0 Å². The van der Waals surface area contributed by atoms with Crippen LogP contribution in [-0.2, 0) is 0 Å². The lowest BCUT2D eigenvalue weighted by molar-refractivity contribution is -0.385. The van der Waals surface area contributed by atoms with Crippen LogP contribution in [0.2, 0.25) is 0 Å². The molecule has 0 saturated carbocycles. The highest BCUT2D eigenvalue weighted by Gasteiger charge is 2.35. The first-order valence-electron chi connectivity index (χ1n) is 5.01. The van der Waals surface area contributed by atoms with Crippen LogP contribution in [-0.4, -0.2) is 26.2 Å². The number of fused-ring (bicyclic) bond motifs is 2. The Morgan fingerprint density at radius 1 is 1.28 bits per heavy atom. The second-order valence-electron chi connectivity index (χ2n) is 3.71. The molecule has 1 aliphatic rings. The molecule has 0 unspecified atom stereocenters. The Hall–Kier alpha value is -2.83. The Balaban J connectivity index is 2.37. The molecule has 2 aromatic rings. The maximum atomic E-state index is 12.1. The fourth-order valence-electron chi connectivity index (χ4n) is 1.99. The molecule has 7 heteroatoms. The van der Waals surface area contributed by atoms with Gasteiger partial charge in [-0.2, -0.15) is 0 Å². The maximum Gasteiger partial charge on any atom is 0.281 e. The van der Waals surface area contributed by atoms with Gasteiger partial charge in [0, 0.05) is 18.5 Å². The van der Waals surface area contributed by atoms with E-state index in [0.29, 0.717) is 0 Å². The molecule has 0 fully saturated rings. The molecule has 0 amide bonds. The van der Waals surface area contributed by atoms with Crippen LogP contribution in [0.1, 0.15) is 26.5 Å². The number of imidazole rings is 1. The zero-order valence-corrected chi connectivity index (χ0v) is 8.86. The molecule has 3 rings (SSSR count). The molecule has 2 heterocycles. The van der Waals surface area contributed by atoms with Crippen molar-refractivity contribution in [2.45, 2.75) is 0 Å². The molecule has 0 radical (unpaired) electrons. The molecule has 1 aliphatic heterocycles. The molecule has 7 nitrogen and oxygen atoms in total. The zero-order valence-electron chi connectivity index (χ0n) is 8.86. The van der Waals surface area contributed by atoms with Gasteiger partial charge in [0.15, 0.2) is 5.82 Å². The summed E-state index contributed by atoms with van der Waals surface area (Å²) in [6.07, 6.45) is 2.67. The zero-order chi connectivity index (χ0) is 12.9. The van der Waals surface area contributed by atoms with Crippen LogP contribution in [0.3, 0.4) is 0 Å². The number of ketones is 1. The molecule has 18 heavy (non-hydrogen) atoms. The second kappa shape index (κ2) is 3.33. The summed E-state index contributed by atoms with van der Waals surface area (Å²) in [7, 11) is 0. The lowest BCUT2D eigenvalue weighted by Crippen LogP contribution is -2.27. The first-order chi connectivity index (χ1) is 8.61. The minimum absolute atomic E-state index is 0.0275. The first-order valence-corrected chi connectivity index (χ1v) is 5.01. The highest BCUT2D eigenvalue weighted by molar-refractivity contribution is 6.21. The predicted octanol–water partition coefficient (Wildman–Crippen LogP) is 1.02. The highest BCUT2D eigenvalue weighted by Crippen LogP contribution is 2.29. The van der Waals surface area contributed by atoms with Crippen LogP contribution in [0.5, 0.6) is 0 Å². The lowest BCUT2D eigenvalue weighted by Gasteiger charge is -2.14. The largest absolute Gasteiger partial charge is 0.285 e. The highest BCUT2D eigenvalue weighted by atomic mass is 16.6. The predicted molar refractivity (Wildman–Crippen MR) is 58.5 cm³/mol. The minimum Gasteiger partial charge on any atom is -0.285 e. The van der Waals surface area contributed by atoms with Crippen molar-refractivity contribution < 1.29 is 14.5 Å². The topological polar surface area (TPSA) is 95.1 Å². The average Bonchev–Trinajstić information content (AvgIpc) is 2.84. The number of carbonyl (C=O) groups excluding carboxylic acids is 2. The Morgan fingerprint density at radius 2 is 2.06 bits per heavy atom. The summed E-state index contributed by atoms with van der Waals surface area (Å²) in [5.41, 5.74) is -0.536. The van der Waals surface area contributed by atoms with Crippen LogP contribution >= 0.6 is 0 Å². The van der Waals surface area contributed by atoms with Gasteiger partial charge in [-0.15, -0.1) is 0 Å². The number of nitrogens with zero attached hydrogens (tertiary/aromatic N) is 3. The quantitative estimate of drug-likeness (QED) is 0.469. The molecule has 88 valence electrons. The standard InChI is InChI=1S/C11H5N3O4/c15-9-8-6(2-1-3-7(8)14(17)18)11(16)13-5-4-12-10(9)13/h1-5H. The van der Waals surface area contributed by atoms with Gasteiger partial charge in [-0.25, -0.2) is 4.98 Å². The van der Waals surface area contributed by atoms with Crippen molar-refractivity contribution in [1.29, 1.82) is 0 Å². The van der Waals surface area contributed by atoms with Crippen LogP contribution in [0.4, 0.5) is 5.69 Å². The van der Waals surface area contributed by atoms with Crippen LogP contribution < -0.4 is 0 Å². The van der Waals surface area contributed by atoms with E-state index < -0.39 is 16.6 Å². The van der Waals surface area contributed by atoms with Gasteiger partial charge in [0.05, 0.1) is 10.5 Å². The van der Waals surface area contributed by atoms with Gasteiger partial charge in [0.1, 0.15) is 5.56 Å². The number of hydrogen-bond donors (Lipinski definition) is 0. The number of benzene rings is 1. The summed E-state index contributed by atoms with van der Waals surface area (Å²) in [6, 6.07) is 3.97. The van der Waals surface area contributed by atoms with E-state index in [1.54, 1.807) is 0 Å². The number of nitro benzene ring substituents is 1. The van der Waals surface area contributed by atoms with Crippen LogP contribution in [0.25, 0.3) is 0 Å². The molecule has 1 aromatic heterocycles. The van der Waals surface area contributed by atoms with Gasteiger partial charge in [0.2, 0.25) is 5.78 Å². The smallest absolute Gasteiger partial charge is 0.281 e. The maximum absolute atomic E-state index is 12.1. The van der Waals surface area contributed by atoms with Crippen LogP contribution in [0.15, 0.2) is 30.6 Å². The average molecular weight is 243 g/mol. The van der Waals surface area contributed by atoms with E-state index in [4.69, 9.17) is 0 Å². The van der Waals surface area contributed by atoms with Gasteiger partial charge in [-0.1, -0.05) is 6.07 Å². The third-order valence-corrected chi connectivity index (χ3v) is 2.76. The van der Waals surface area contributed by atoms with Crippen molar-refractivity contribution in [2.75, 3.05) is 0 Å². The number of carbonyl (C=O) groups is 2. The molecular weight excluding hydrogens is 238 g/mol. The minimum atomic E-state index is -0.678. The number of rotatable bonds is 1. The van der Waals surface area contributed by atoms with E-state index in [-0.39, 0.29) is 22.6 Å². The number of hydrogen-bond acceptors (Lipinski definition) is 5. The Kier molecular flexibility index (Phi) is 1.91. The Morgan fingerprint density at radius 3 is 2.78 bits per heavy atom. The van der Waals surface area contributed by atoms with Crippen molar-refractivity contribution in [3.8, 4) is 0 Å². The summed E-state index contributed by atoms with van der Waals surface area (Å²) in [5.74, 6) is -1.19. The van der Waals surface area contributed by atoms with E-state index in [1.165, 1.54) is 30.6 Å². The SMILES string of the molecule is O=C1c2c(cccc2[N+](=O)[O-])C(=O)n2ccnc21. The third-order valence-electron chi connectivity index (χ3n) is 2.76. The van der Waals surface area contributed by atoms with Gasteiger partial charge in [-0.3, -0.25) is 24.3 Å². The summed E-state index contributed by atoms with van der Waals surface area (Å²) in [4.78, 5) is 38.1. The van der Waals surface area contributed by atoms with Crippen molar-refractivity contribution in [3.05, 3.63) is 57.7 Å². The second-order valence-corrected chi connectivity index (χ2v) is 3.71. The summed E-state index contributed by atoms with van der Waals surface area (Å²) in [5, 5.41) is 10.9. The fraction of sp³-hybridized carbons (Fsp3) is 0. The molecule has 0 spiro atoms. The van der Waals surface area contributed by atoms with Crippen molar-refractivity contribution >= 4 is 17.4 Å². The van der Waals surface area contributed by atoms with E-state index in [1.807, 2.05) is 0 Å². The van der Waals surface area contributed by atoms with Crippen molar-refractivity contribution in [1.82, 2.24) is 9.55 Å². The molecule has 1 aromatic carbocycles. The molecule has 0 aliphatic carbocycles. The van der Waals surface area contributed by atoms with Gasteiger partial charge in [0.25, 0.3) is 11.6 Å². The van der Waals surface area contributed by atoms with E-state index in [2.05, 4.69) is 4.98 Å². The lowest BCUT2D eigenvalue weighted by atomic mass is 9.97. The molecule has 0 atom stereocenters. The van der Waals surface area contributed by atoms with E-state index in [0.717, 1.165) is 4.57 Å². The first kappa shape index (κ1) is 10.3. The van der Waals surface area contributed by atoms with E-state index >= 15 is 0 Å². The Labute approximate surface area is 99.8 Å². The fourth-order valence-corrected chi connectivity index (χ4v) is 1.99. The van der Waals surface area contributed by atoms with E-state index in [9.17, 15) is 19.7 Å². The van der Waals surface area contributed by atoms with Gasteiger partial charge < -0.3 is 0 Å². The summed E-state index contributed by atoms with van der Waals surface area (Å²) < 4.78 is 1.09. The normalized spacial score (nSPS) is 13.1. The summed E-state index contributed by atoms with van der Waals surface area (Å²) in [6.45, 7) is 0. The van der Waals surface area contributed by atoms with Crippen LogP contribution in [0, 0.1) is 10.1 Å².